The van der Waals surface area contributed by atoms with Crippen LogP contribution in [0.15, 0.2) is 47.1 Å². The van der Waals surface area contributed by atoms with Crippen molar-refractivity contribution < 1.29 is 4.79 Å². The van der Waals surface area contributed by atoms with Crippen LogP contribution in [0.25, 0.3) is 10.9 Å². The zero-order chi connectivity index (χ0) is 14.1. The van der Waals surface area contributed by atoms with Crippen LogP contribution in [-0.2, 0) is 0 Å². The van der Waals surface area contributed by atoms with Crippen molar-refractivity contribution in [2.24, 2.45) is 0 Å². The Balaban J connectivity index is 1.99. The Hall–Kier alpha value is -1.72. The van der Waals surface area contributed by atoms with Crippen LogP contribution in [0.4, 0.5) is 5.69 Å². The summed E-state index contributed by atoms with van der Waals surface area (Å²) in [6.07, 6.45) is 1.72. The highest BCUT2D eigenvalue weighted by molar-refractivity contribution is 9.10. The van der Waals surface area contributed by atoms with Crippen molar-refractivity contribution in [2.75, 3.05) is 5.32 Å². The van der Waals surface area contributed by atoms with Crippen molar-refractivity contribution in [3.05, 3.63) is 56.8 Å². The molecule has 0 aliphatic carbocycles. The zero-order valence-corrected chi connectivity index (χ0v) is 13.1. The second-order valence-electron chi connectivity index (χ2n) is 4.36. The van der Waals surface area contributed by atoms with Crippen LogP contribution in [0, 0.1) is 6.92 Å². The number of aromatic nitrogens is 1. The first-order valence-corrected chi connectivity index (χ1v) is 7.67. The summed E-state index contributed by atoms with van der Waals surface area (Å²) in [6.45, 7) is 1.98. The molecule has 3 nitrogen and oxygen atoms in total. The molecule has 0 aliphatic heterocycles. The van der Waals surface area contributed by atoms with Gasteiger partial charge in [-0.05, 0) is 37.3 Å². The van der Waals surface area contributed by atoms with Gasteiger partial charge in [-0.2, -0.15) is 0 Å². The minimum absolute atomic E-state index is 0.0997. The van der Waals surface area contributed by atoms with E-state index in [0.717, 1.165) is 25.9 Å². The van der Waals surface area contributed by atoms with Gasteiger partial charge in [0.2, 0.25) is 0 Å². The fraction of sp³-hybridized carbons (Fsp3) is 0.0667. The Kier molecular flexibility index (Phi) is 3.54. The monoisotopic (exact) mass is 346 g/mol. The molecule has 0 fully saturated rings. The van der Waals surface area contributed by atoms with Gasteiger partial charge in [0.05, 0.1) is 16.1 Å². The average molecular weight is 347 g/mol. The van der Waals surface area contributed by atoms with Crippen molar-refractivity contribution in [2.45, 2.75) is 6.92 Å². The molecule has 1 N–H and O–H groups in total. The molecule has 3 rings (SSSR count). The molecule has 0 unspecified atom stereocenters. The Morgan fingerprint density at radius 1 is 1.25 bits per heavy atom. The minimum atomic E-state index is -0.0997. The molecule has 20 heavy (non-hydrogen) atoms. The summed E-state index contributed by atoms with van der Waals surface area (Å²) in [5.41, 5.74) is 1.50. The van der Waals surface area contributed by atoms with Crippen molar-refractivity contribution in [1.29, 1.82) is 0 Å². The van der Waals surface area contributed by atoms with Gasteiger partial charge in [0, 0.05) is 20.9 Å². The van der Waals surface area contributed by atoms with E-state index in [2.05, 4.69) is 26.2 Å². The van der Waals surface area contributed by atoms with Gasteiger partial charge in [-0.1, -0.05) is 22.0 Å². The van der Waals surface area contributed by atoms with E-state index in [1.54, 1.807) is 6.20 Å². The number of pyridine rings is 1. The van der Waals surface area contributed by atoms with Gasteiger partial charge in [-0.15, -0.1) is 11.3 Å². The van der Waals surface area contributed by atoms with Gasteiger partial charge < -0.3 is 5.32 Å². The fourth-order valence-corrected chi connectivity index (χ4v) is 3.19. The van der Waals surface area contributed by atoms with Crippen molar-refractivity contribution >= 4 is 49.8 Å². The maximum atomic E-state index is 12.2. The Bertz CT molecular complexity index is 797. The summed E-state index contributed by atoms with van der Waals surface area (Å²) < 4.78 is 0.963. The van der Waals surface area contributed by atoms with Crippen LogP contribution in [0.5, 0.6) is 0 Å². The topological polar surface area (TPSA) is 42.0 Å². The minimum Gasteiger partial charge on any atom is -0.319 e. The lowest BCUT2D eigenvalue weighted by atomic mass is 10.2. The molecule has 0 saturated carbocycles. The number of halogens is 1. The molecule has 0 atom stereocenters. The number of anilines is 1. The molecule has 0 saturated heterocycles. The predicted molar refractivity (Wildman–Crippen MR) is 86.5 cm³/mol. The molecule has 1 aromatic carbocycles. The Morgan fingerprint density at radius 2 is 2.10 bits per heavy atom. The van der Waals surface area contributed by atoms with Crippen LogP contribution in [0.2, 0.25) is 0 Å². The van der Waals surface area contributed by atoms with Crippen molar-refractivity contribution in [3.8, 4) is 0 Å². The summed E-state index contributed by atoms with van der Waals surface area (Å²) in [7, 11) is 0. The summed E-state index contributed by atoms with van der Waals surface area (Å²) >= 11 is 4.98. The molecule has 0 spiro atoms. The zero-order valence-electron chi connectivity index (χ0n) is 10.7. The number of hydrogen-bond donors (Lipinski definition) is 1. The normalized spacial score (nSPS) is 10.7. The lowest BCUT2D eigenvalue weighted by Gasteiger charge is -2.08. The Morgan fingerprint density at radius 3 is 2.85 bits per heavy atom. The molecule has 2 heterocycles. The molecule has 5 heteroatoms. The highest BCUT2D eigenvalue weighted by Gasteiger charge is 2.11. The van der Waals surface area contributed by atoms with Crippen LogP contribution in [0.3, 0.4) is 0 Å². The second-order valence-corrected chi connectivity index (χ2v) is 6.50. The quantitative estimate of drug-likeness (QED) is 0.735. The van der Waals surface area contributed by atoms with Gasteiger partial charge in [0.25, 0.3) is 5.91 Å². The van der Waals surface area contributed by atoms with Crippen LogP contribution >= 0.6 is 27.3 Å². The number of benzene rings is 1. The van der Waals surface area contributed by atoms with Crippen LogP contribution in [0.1, 0.15) is 14.5 Å². The number of aryl methyl sites for hydroxylation is 1. The molecule has 0 radical (unpaired) electrons. The van der Waals surface area contributed by atoms with Gasteiger partial charge in [0.1, 0.15) is 0 Å². The van der Waals surface area contributed by atoms with E-state index in [-0.39, 0.29) is 5.91 Å². The van der Waals surface area contributed by atoms with Crippen LogP contribution in [-0.4, -0.2) is 10.9 Å². The van der Waals surface area contributed by atoms with Gasteiger partial charge in [-0.25, -0.2) is 0 Å². The first-order valence-electron chi connectivity index (χ1n) is 6.06. The summed E-state index contributed by atoms with van der Waals surface area (Å²) in [4.78, 5) is 18.4. The maximum absolute atomic E-state index is 12.2. The number of fused-ring (bicyclic) bond motifs is 1. The summed E-state index contributed by atoms with van der Waals surface area (Å²) in [5.74, 6) is -0.0997. The van der Waals surface area contributed by atoms with E-state index < -0.39 is 0 Å². The largest absolute Gasteiger partial charge is 0.319 e. The third-order valence-corrected chi connectivity index (χ3v) is 4.62. The number of thiophene rings is 1. The SMILES string of the molecule is Cc1ccc(C(=O)Nc2ccc(Br)c3cccnc23)s1. The highest BCUT2D eigenvalue weighted by Crippen LogP contribution is 2.29. The van der Waals surface area contributed by atoms with Gasteiger partial charge in [-0.3, -0.25) is 9.78 Å². The van der Waals surface area contributed by atoms with Gasteiger partial charge >= 0.3 is 0 Å². The third kappa shape index (κ3) is 2.46. The average Bonchev–Trinajstić information content (AvgIpc) is 2.89. The van der Waals surface area contributed by atoms with E-state index in [4.69, 9.17) is 0 Å². The molecule has 0 bridgehead atoms. The van der Waals surface area contributed by atoms with Gasteiger partial charge in [0.15, 0.2) is 0 Å². The molecule has 100 valence electrons. The number of rotatable bonds is 2. The smallest absolute Gasteiger partial charge is 0.265 e. The van der Waals surface area contributed by atoms with Crippen LogP contribution < -0.4 is 5.32 Å². The number of carbonyl (C=O) groups is 1. The maximum Gasteiger partial charge on any atom is 0.265 e. The summed E-state index contributed by atoms with van der Waals surface area (Å²) in [6, 6.07) is 11.4. The highest BCUT2D eigenvalue weighted by atomic mass is 79.9. The third-order valence-electron chi connectivity index (χ3n) is 2.93. The first-order chi connectivity index (χ1) is 9.65. The second kappa shape index (κ2) is 5.34. The van der Waals surface area contributed by atoms with E-state index in [0.29, 0.717) is 4.88 Å². The molecule has 2 aromatic heterocycles. The molecule has 0 aliphatic rings. The number of carbonyl (C=O) groups excluding carboxylic acids is 1. The molecule has 1 amide bonds. The number of hydrogen-bond acceptors (Lipinski definition) is 3. The predicted octanol–water partition coefficient (Wildman–Crippen LogP) is 4.62. The van der Waals surface area contributed by atoms with Crippen molar-refractivity contribution in [3.63, 3.8) is 0 Å². The summed E-state index contributed by atoms with van der Waals surface area (Å²) in [5, 5.41) is 3.91. The molecule has 3 aromatic rings. The first kappa shape index (κ1) is 13.3. The lowest BCUT2D eigenvalue weighted by Crippen LogP contribution is -2.10. The standard InChI is InChI=1S/C15H11BrN2OS/c1-9-4-7-13(20-9)15(19)18-12-6-5-11(16)10-3-2-8-17-14(10)12/h2-8H,1H3,(H,18,19). The van der Waals surface area contributed by atoms with E-state index in [9.17, 15) is 4.79 Å². The number of amides is 1. The van der Waals surface area contributed by atoms with E-state index in [1.807, 2.05) is 43.3 Å². The van der Waals surface area contributed by atoms with Crippen molar-refractivity contribution in [1.82, 2.24) is 4.98 Å². The number of nitrogens with one attached hydrogen (secondary N) is 1. The Labute approximate surface area is 128 Å². The lowest BCUT2D eigenvalue weighted by molar-refractivity contribution is 0.103. The number of nitrogens with zero attached hydrogens (tertiary/aromatic N) is 1. The molecular formula is C15H11BrN2OS. The molecular weight excluding hydrogens is 336 g/mol. The van der Waals surface area contributed by atoms with E-state index in [1.165, 1.54) is 11.3 Å². The van der Waals surface area contributed by atoms with E-state index >= 15 is 0 Å². The fourth-order valence-electron chi connectivity index (χ4n) is 1.98.